The molecular weight excluding hydrogens is 460 g/mol. The molecule has 2 atom stereocenters. The van der Waals surface area contributed by atoms with Gasteiger partial charge >= 0.3 is 0 Å². The lowest BCUT2D eigenvalue weighted by molar-refractivity contribution is -0.119. The fourth-order valence-electron chi connectivity index (χ4n) is 5.11. The van der Waals surface area contributed by atoms with Crippen molar-refractivity contribution in [1.29, 1.82) is 0 Å². The molecule has 1 aliphatic heterocycles. The number of hydrogen-bond acceptors (Lipinski definition) is 4. The Morgan fingerprint density at radius 1 is 1.00 bits per heavy atom. The average molecular weight is 487 g/mol. The van der Waals surface area contributed by atoms with E-state index < -0.39 is 6.04 Å². The predicted octanol–water partition coefficient (Wildman–Crippen LogP) is 6.66. The van der Waals surface area contributed by atoms with Crippen molar-refractivity contribution in [3.05, 3.63) is 100 Å². The first-order valence-electron chi connectivity index (χ1n) is 11.8. The second-order valence-corrected chi connectivity index (χ2v) is 9.34. The standard InChI is InChI=1S/C29H27ClN2O3/c1-3-27(34)32-25-7-5-4-6-23(25)31-24-16-20(18-8-12-21(30)13-9-18)17-26(33)28(24)29(32)19-10-14-22(35-2)15-11-19/h4-15,20,29,31H,3,16-17H2,1-2H3. The molecule has 0 saturated heterocycles. The number of halogens is 1. The van der Waals surface area contributed by atoms with Crippen LogP contribution in [0, 0.1) is 0 Å². The summed E-state index contributed by atoms with van der Waals surface area (Å²) >= 11 is 6.10. The zero-order valence-electron chi connectivity index (χ0n) is 19.8. The molecule has 1 heterocycles. The molecule has 5 nitrogen and oxygen atoms in total. The minimum Gasteiger partial charge on any atom is -0.497 e. The number of amides is 1. The van der Waals surface area contributed by atoms with Crippen molar-refractivity contribution in [3.63, 3.8) is 0 Å². The molecule has 1 amide bonds. The van der Waals surface area contributed by atoms with Crippen LogP contribution in [0.2, 0.25) is 5.02 Å². The Morgan fingerprint density at radius 2 is 1.69 bits per heavy atom. The molecule has 1 N–H and O–H groups in total. The number of Topliss-reactive ketones (excluding diaryl/α,β-unsaturated/α-hetero) is 1. The first kappa shape index (κ1) is 23.2. The van der Waals surface area contributed by atoms with Gasteiger partial charge in [-0.25, -0.2) is 0 Å². The highest BCUT2D eigenvalue weighted by molar-refractivity contribution is 6.30. The SMILES string of the molecule is CCC(=O)N1c2ccccc2NC2=C(C(=O)CC(c3ccc(Cl)cc3)C2)C1c1ccc(OC)cc1. The Bertz CT molecular complexity index is 1300. The van der Waals surface area contributed by atoms with Crippen LogP contribution < -0.4 is 15.0 Å². The van der Waals surface area contributed by atoms with Gasteiger partial charge in [0.2, 0.25) is 5.91 Å². The fourth-order valence-corrected chi connectivity index (χ4v) is 5.23. The zero-order chi connectivity index (χ0) is 24.5. The minimum atomic E-state index is -0.529. The van der Waals surface area contributed by atoms with Crippen LogP contribution >= 0.6 is 11.6 Å². The topological polar surface area (TPSA) is 58.6 Å². The lowest BCUT2D eigenvalue weighted by Crippen LogP contribution is -2.38. The van der Waals surface area contributed by atoms with Crippen LogP contribution in [0.1, 0.15) is 49.3 Å². The first-order chi connectivity index (χ1) is 17.0. The van der Waals surface area contributed by atoms with Crippen molar-refractivity contribution >= 4 is 34.7 Å². The van der Waals surface area contributed by atoms with E-state index in [9.17, 15) is 9.59 Å². The Labute approximate surface area is 210 Å². The van der Waals surface area contributed by atoms with E-state index in [1.165, 1.54) is 0 Å². The molecule has 178 valence electrons. The van der Waals surface area contributed by atoms with Gasteiger partial charge in [0.05, 0.1) is 24.5 Å². The van der Waals surface area contributed by atoms with E-state index in [2.05, 4.69) is 5.32 Å². The molecule has 1 aliphatic carbocycles. The van der Waals surface area contributed by atoms with Crippen LogP contribution in [-0.4, -0.2) is 18.8 Å². The van der Waals surface area contributed by atoms with E-state index in [1.807, 2.05) is 79.7 Å². The van der Waals surface area contributed by atoms with Gasteiger partial charge in [0.1, 0.15) is 5.75 Å². The monoisotopic (exact) mass is 486 g/mol. The summed E-state index contributed by atoms with van der Waals surface area (Å²) in [6.45, 7) is 1.85. The normalized spacial score (nSPS) is 19.4. The Morgan fingerprint density at radius 3 is 2.37 bits per heavy atom. The van der Waals surface area contributed by atoms with Crippen LogP contribution in [0.15, 0.2) is 84.1 Å². The van der Waals surface area contributed by atoms with Crippen molar-refractivity contribution < 1.29 is 14.3 Å². The van der Waals surface area contributed by atoms with Crippen LogP contribution in [0.3, 0.4) is 0 Å². The number of nitrogens with zero attached hydrogens (tertiary/aromatic N) is 1. The third kappa shape index (κ3) is 4.32. The molecular formula is C29H27ClN2O3. The zero-order valence-corrected chi connectivity index (χ0v) is 20.5. The fraction of sp³-hybridized carbons (Fsp3) is 0.241. The average Bonchev–Trinajstić information content (AvgIpc) is 3.03. The third-order valence-corrected chi connectivity index (χ3v) is 7.08. The molecule has 0 fully saturated rings. The summed E-state index contributed by atoms with van der Waals surface area (Å²) in [5.74, 6) is 0.757. The van der Waals surface area contributed by atoms with E-state index in [1.54, 1.807) is 12.0 Å². The number of anilines is 2. The van der Waals surface area contributed by atoms with Gasteiger partial charge in [0, 0.05) is 29.1 Å². The second-order valence-electron chi connectivity index (χ2n) is 8.91. The van der Waals surface area contributed by atoms with Gasteiger partial charge in [-0.15, -0.1) is 0 Å². The number of ether oxygens (including phenoxy) is 1. The number of rotatable bonds is 4. The summed E-state index contributed by atoms with van der Waals surface area (Å²) in [5, 5.41) is 4.22. The number of nitrogens with one attached hydrogen (secondary N) is 1. The highest BCUT2D eigenvalue weighted by Crippen LogP contribution is 2.47. The largest absolute Gasteiger partial charge is 0.497 e. The molecule has 0 spiro atoms. The van der Waals surface area contributed by atoms with Gasteiger partial charge < -0.3 is 10.1 Å². The van der Waals surface area contributed by atoms with Crippen molar-refractivity contribution in [2.45, 2.75) is 38.1 Å². The van der Waals surface area contributed by atoms with E-state index in [-0.39, 0.29) is 17.6 Å². The third-order valence-electron chi connectivity index (χ3n) is 6.83. The second kappa shape index (κ2) is 9.59. The molecule has 2 aliphatic rings. The number of ketones is 1. The molecule has 3 aromatic rings. The number of benzene rings is 3. The molecule has 0 bridgehead atoms. The molecule has 3 aromatic carbocycles. The van der Waals surface area contributed by atoms with Gasteiger partial charge in [0.15, 0.2) is 5.78 Å². The molecule has 5 rings (SSSR count). The van der Waals surface area contributed by atoms with Gasteiger partial charge in [-0.1, -0.05) is 54.9 Å². The minimum absolute atomic E-state index is 0.0307. The molecule has 2 unspecified atom stereocenters. The van der Waals surface area contributed by atoms with Crippen LogP contribution in [0.5, 0.6) is 5.75 Å². The number of carbonyl (C=O) groups excluding carboxylic acids is 2. The molecule has 6 heteroatoms. The van der Waals surface area contributed by atoms with E-state index >= 15 is 0 Å². The number of hydrogen-bond donors (Lipinski definition) is 1. The number of carbonyl (C=O) groups is 2. The Balaban J connectivity index is 1.69. The first-order valence-corrected chi connectivity index (χ1v) is 12.2. The molecule has 0 aromatic heterocycles. The number of methoxy groups -OCH3 is 1. The number of fused-ring (bicyclic) bond motifs is 1. The van der Waals surface area contributed by atoms with Crippen LogP contribution in [0.25, 0.3) is 0 Å². The summed E-state index contributed by atoms with van der Waals surface area (Å²) in [6.07, 6.45) is 1.36. The maximum atomic E-state index is 13.9. The number of para-hydroxylation sites is 2. The summed E-state index contributed by atoms with van der Waals surface area (Å²) in [5.41, 5.74) is 5.06. The summed E-state index contributed by atoms with van der Waals surface area (Å²) in [7, 11) is 1.62. The van der Waals surface area contributed by atoms with Crippen LogP contribution in [0.4, 0.5) is 11.4 Å². The number of allylic oxidation sites excluding steroid dienone is 1. The smallest absolute Gasteiger partial charge is 0.227 e. The highest BCUT2D eigenvalue weighted by Gasteiger charge is 2.41. The Kier molecular flexibility index (Phi) is 6.35. The van der Waals surface area contributed by atoms with Crippen molar-refractivity contribution in [2.75, 3.05) is 17.3 Å². The predicted molar refractivity (Wildman–Crippen MR) is 139 cm³/mol. The Hall–Kier alpha value is -3.57. The van der Waals surface area contributed by atoms with E-state index in [0.717, 1.165) is 33.9 Å². The summed E-state index contributed by atoms with van der Waals surface area (Å²) < 4.78 is 5.35. The molecule has 0 radical (unpaired) electrons. The van der Waals surface area contributed by atoms with Gasteiger partial charge in [0.25, 0.3) is 0 Å². The van der Waals surface area contributed by atoms with Gasteiger partial charge in [-0.3, -0.25) is 14.5 Å². The van der Waals surface area contributed by atoms with Crippen molar-refractivity contribution in [3.8, 4) is 5.75 Å². The quantitative estimate of drug-likeness (QED) is 0.448. The van der Waals surface area contributed by atoms with E-state index in [0.29, 0.717) is 29.9 Å². The van der Waals surface area contributed by atoms with Crippen LogP contribution in [-0.2, 0) is 9.59 Å². The lowest BCUT2D eigenvalue weighted by Gasteiger charge is -2.35. The lowest BCUT2D eigenvalue weighted by atomic mass is 9.78. The molecule has 0 saturated carbocycles. The maximum absolute atomic E-state index is 13.9. The van der Waals surface area contributed by atoms with E-state index in [4.69, 9.17) is 16.3 Å². The summed E-state index contributed by atoms with van der Waals surface area (Å²) in [6, 6.07) is 22.6. The maximum Gasteiger partial charge on any atom is 0.227 e. The van der Waals surface area contributed by atoms with Crippen molar-refractivity contribution in [1.82, 2.24) is 0 Å². The van der Waals surface area contributed by atoms with Gasteiger partial charge in [-0.05, 0) is 59.9 Å². The van der Waals surface area contributed by atoms with Gasteiger partial charge in [-0.2, -0.15) is 0 Å². The van der Waals surface area contributed by atoms with Crippen molar-refractivity contribution in [2.24, 2.45) is 0 Å². The highest BCUT2D eigenvalue weighted by atomic mass is 35.5. The molecule has 35 heavy (non-hydrogen) atoms. The summed E-state index contributed by atoms with van der Waals surface area (Å²) in [4.78, 5) is 29.1.